The number of carbonyl (C=O) groups is 1. The van der Waals surface area contributed by atoms with Crippen LogP contribution < -0.4 is 10.5 Å². The molecule has 0 aromatic heterocycles. The highest BCUT2D eigenvalue weighted by atomic mass is 16.5. The van der Waals surface area contributed by atoms with Crippen molar-refractivity contribution >= 4 is 5.91 Å². The number of hydrogen-bond acceptors (Lipinski definition) is 5. The molecule has 0 radical (unpaired) electrons. The normalized spacial score (nSPS) is 17.4. The summed E-state index contributed by atoms with van der Waals surface area (Å²) >= 11 is 0. The van der Waals surface area contributed by atoms with Gasteiger partial charge in [-0.15, -0.1) is 0 Å². The van der Waals surface area contributed by atoms with Gasteiger partial charge in [0.1, 0.15) is 18.5 Å². The Morgan fingerprint density at radius 2 is 2.00 bits per heavy atom. The second kappa shape index (κ2) is 7.97. The largest absolute Gasteiger partial charge is 0.491 e. The number of amides is 1. The van der Waals surface area contributed by atoms with Gasteiger partial charge < -0.3 is 20.3 Å². The van der Waals surface area contributed by atoms with E-state index < -0.39 is 6.10 Å². The molecule has 6 nitrogen and oxygen atoms in total. The molecule has 21 heavy (non-hydrogen) atoms. The van der Waals surface area contributed by atoms with Crippen LogP contribution in [0.1, 0.15) is 5.56 Å². The predicted molar refractivity (Wildman–Crippen MR) is 78.1 cm³/mol. The molecule has 6 heteroatoms. The summed E-state index contributed by atoms with van der Waals surface area (Å²) in [6.07, 6.45) is -0.312. The number of carbonyl (C=O) groups excluding carboxylic acids is 1. The van der Waals surface area contributed by atoms with Crippen LogP contribution in [0.5, 0.6) is 5.75 Å². The Hall–Kier alpha value is -1.63. The van der Waals surface area contributed by atoms with Crippen molar-refractivity contribution in [2.45, 2.75) is 12.5 Å². The third kappa shape index (κ3) is 5.71. The van der Waals surface area contributed by atoms with E-state index in [1.807, 2.05) is 0 Å². The van der Waals surface area contributed by atoms with Crippen molar-refractivity contribution in [2.75, 3.05) is 39.5 Å². The first-order valence-corrected chi connectivity index (χ1v) is 7.11. The molecule has 1 fully saturated rings. The Bertz CT molecular complexity index is 443. The van der Waals surface area contributed by atoms with Gasteiger partial charge in [0.15, 0.2) is 0 Å². The van der Waals surface area contributed by atoms with Gasteiger partial charge in [-0.05, 0) is 17.7 Å². The van der Waals surface area contributed by atoms with Gasteiger partial charge in [-0.1, -0.05) is 12.1 Å². The summed E-state index contributed by atoms with van der Waals surface area (Å²) in [5.74, 6) is 0.314. The van der Waals surface area contributed by atoms with Gasteiger partial charge in [-0.2, -0.15) is 0 Å². The Morgan fingerprint density at radius 1 is 1.33 bits per heavy atom. The van der Waals surface area contributed by atoms with Gasteiger partial charge >= 0.3 is 0 Å². The number of morpholine rings is 1. The number of benzene rings is 1. The molecular formula is C15H22N2O4. The highest BCUT2D eigenvalue weighted by Crippen LogP contribution is 2.13. The lowest BCUT2D eigenvalue weighted by Gasteiger charge is -2.28. The van der Waals surface area contributed by atoms with Crippen LogP contribution in [0.15, 0.2) is 24.3 Å². The third-order valence-corrected chi connectivity index (χ3v) is 3.32. The lowest BCUT2D eigenvalue weighted by Crippen LogP contribution is -2.42. The van der Waals surface area contributed by atoms with Crippen LogP contribution in [0.3, 0.4) is 0 Å². The Kier molecular flexibility index (Phi) is 5.98. The molecule has 0 unspecified atom stereocenters. The second-order valence-electron chi connectivity index (χ2n) is 5.16. The van der Waals surface area contributed by atoms with Gasteiger partial charge in [0.2, 0.25) is 5.91 Å². The van der Waals surface area contributed by atoms with E-state index in [9.17, 15) is 9.90 Å². The number of rotatable bonds is 7. The van der Waals surface area contributed by atoms with Crippen molar-refractivity contribution in [3.8, 4) is 5.75 Å². The number of ether oxygens (including phenoxy) is 2. The van der Waals surface area contributed by atoms with Crippen molar-refractivity contribution in [2.24, 2.45) is 5.73 Å². The lowest BCUT2D eigenvalue weighted by molar-refractivity contribution is -0.117. The Morgan fingerprint density at radius 3 is 2.62 bits per heavy atom. The van der Waals surface area contributed by atoms with E-state index in [0.29, 0.717) is 12.3 Å². The summed E-state index contributed by atoms with van der Waals surface area (Å²) in [5.41, 5.74) is 5.98. The molecule has 1 saturated heterocycles. The van der Waals surface area contributed by atoms with Crippen LogP contribution in [-0.2, 0) is 16.0 Å². The summed E-state index contributed by atoms with van der Waals surface area (Å²) in [6, 6.07) is 7.16. The summed E-state index contributed by atoms with van der Waals surface area (Å²) < 4.78 is 10.8. The highest BCUT2D eigenvalue weighted by Gasteiger charge is 2.15. The standard InChI is InChI=1S/C15H22N2O4/c16-15(19)9-12-1-3-14(4-2-12)21-11-13(18)10-17-5-7-20-8-6-17/h1-4,13,18H,5-11H2,(H2,16,19)/t13-/m1/s1. The number of primary amides is 1. The average molecular weight is 294 g/mol. The van der Waals surface area contributed by atoms with Crippen molar-refractivity contribution in [3.05, 3.63) is 29.8 Å². The molecule has 1 aliphatic rings. The fraction of sp³-hybridized carbons (Fsp3) is 0.533. The third-order valence-electron chi connectivity index (χ3n) is 3.32. The van der Waals surface area contributed by atoms with Crippen LogP contribution >= 0.6 is 0 Å². The van der Waals surface area contributed by atoms with Gasteiger partial charge in [0.25, 0.3) is 0 Å². The van der Waals surface area contributed by atoms with Gasteiger partial charge in [-0.25, -0.2) is 0 Å². The minimum atomic E-state index is -0.534. The molecule has 2 rings (SSSR count). The zero-order valence-electron chi connectivity index (χ0n) is 12.0. The monoisotopic (exact) mass is 294 g/mol. The van der Waals surface area contributed by atoms with Crippen molar-refractivity contribution in [3.63, 3.8) is 0 Å². The molecule has 1 heterocycles. The number of hydrogen-bond donors (Lipinski definition) is 2. The van der Waals surface area contributed by atoms with Crippen molar-refractivity contribution in [1.82, 2.24) is 4.90 Å². The number of aliphatic hydroxyl groups is 1. The van der Waals surface area contributed by atoms with E-state index in [0.717, 1.165) is 31.9 Å². The Labute approximate surface area is 124 Å². The molecule has 1 aromatic carbocycles. The molecule has 0 spiro atoms. The van der Waals surface area contributed by atoms with E-state index in [1.165, 1.54) is 0 Å². The van der Waals surface area contributed by atoms with Crippen LogP contribution in [-0.4, -0.2) is 61.5 Å². The Balaban J connectivity index is 1.72. The number of aliphatic hydroxyl groups excluding tert-OH is 1. The van der Waals surface area contributed by atoms with E-state index in [2.05, 4.69) is 4.90 Å². The fourth-order valence-corrected chi connectivity index (χ4v) is 2.23. The molecule has 0 aliphatic carbocycles. The van der Waals surface area contributed by atoms with E-state index in [1.54, 1.807) is 24.3 Å². The minimum Gasteiger partial charge on any atom is -0.491 e. The fourth-order valence-electron chi connectivity index (χ4n) is 2.23. The van der Waals surface area contributed by atoms with Crippen molar-refractivity contribution in [1.29, 1.82) is 0 Å². The smallest absolute Gasteiger partial charge is 0.221 e. The first-order valence-electron chi connectivity index (χ1n) is 7.11. The highest BCUT2D eigenvalue weighted by molar-refractivity contribution is 5.76. The summed E-state index contributed by atoms with van der Waals surface area (Å²) in [5, 5.41) is 9.97. The zero-order valence-corrected chi connectivity index (χ0v) is 12.0. The van der Waals surface area contributed by atoms with Crippen LogP contribution in [0.25, 0.3) is 0 Å². The number of β-amino-alcohol motifs (C(OH)–C–C–N with tert-alkyl or cyclic N) is 1. The summed E-state index contributed by atoms with van der Waals surface area (Å²) in [7, 11) is 0. The molecule has 3 N–H and O–H groups in total. The number of nitrogens with two attached hydrogens (primary N) is 1. The van der Waals surface area contributed by atoms with E-state index in [-0.39, 0.29) is 18.9 Å². The summed E-state index contributed by atoms with van der Waals surface area (Å²) in [4.78, 5) is 13.0. The van der Waals surface area contributed by atoms with E-state index in [4.69, 9.17) is 15.2 Å². The number of nitrogens with zero attached hydrogens (tertiary/aromatic N) is 1. The second-order valence-corrected chi connectivity index (χ2v) is 5.16. The predicted octanol–water partition coefficient (Wildman–Crippen LogP) is -0.214. The van der Waals surface area contributed by atoms with E-state index >= 15 is 0 Å². The minimum absolute atomic E-state index is 0.222. The molecule has 0 bridgehead atoms. The maximum absolute atomic E-state index is 10.8. The van der Waals surface area contributed by atoms with Gasteiger partial charge in [0, 0.05) is 19.6 Å². The topological polar surface area (TPSA) is 85.0 Å². The van der Waals surface area contributed by atoms with Gasteiger partial charge in [0.05, 0.1) is 19.6 Å². The van der Waals surface area contributed by atoms with Crippen LogP contribution in [0.4, 0.5) is 0 Å². The summed E-state index contributed by atoms with van der Waals surface area (Å²) in [6.45, 7) is 3.96. The molecule has 1 aromatic rings. The first-order chi connectivity index (χ1) is 10.1. The maximum Gasteiger partial charge on any atom is 0.221 e. The molecule has 116 valence electrons. The molecule has 1 amide bonds. The maximum atomic E-state index is 10.8. The first kappa shape index (κ1) is 15.8. The molecular weight excluding hydrogens is 272 g/mol. The molecule has 1 aliphatic heterocycles. The zero-order chi connectivity index (χ0) is 15.1. The van der Waals surface area contributed by atoms with Crippen molar-refractivity contribution < 1.29 is 19.4 Å². The van der Waals surface area contributed by atoms with Crippen LogP contribution in [0, 0.1) is 0 Å². The SMILES string of the molecule is NC(=O)Cc1ccc(OC[C@H](O)CN2CCOCC2)cc1. The quantitative estimate of drug-likeness (QED) is 0.726. The van der Waals surface area contributed by atoms with Gasteiger partial charge in [-0.3, -0.25) is 9.69 Å². The lowest BCUT2D eigenvalue weighted by atomic mass is 10.1. The molecule has 1 atom stereocenters. The molecule has 0 saturated carbocycles. The average Bonchev–Trinajstić information content (AvgIpc) is 2.47. The van der Waals surface area contributed by atoms with Crippen LogP contribution in [0.2, 0.25) is 0 Å².